The Kier molecular flexibility index (Phi) is 7.33. The van der Waals surface area contributed by atoms with Crippen LogP contribution in [0.1, 0.15) is 18.3 Å². The average Bonchev–Trinajstić information content (AvgIpc) is 2.95. The monoisotopic (exact) mass is 381 g/mol. The second kappa shape index (κ2) is 9.48. The van der Waals surface area contributed by atoms with E-state index in [1.54, 1.807) is 19.1 Å². The van der Waals surface area contributed by atoms with Crippen molar-refractivity contribution in [1.82, 2.24) is 14.8 Å². The summed E-state index contributed by atoms with van der Waals surface area (Å²) >= 11 is 7.23. The van der Waals surface area contributed by atoms with Crippen molar-refractivity contribution in [3.8, 4) is 5.75 Å². The minimum Gasteiger partial charge on any atom is -0.485 e. The SMILES string of the molecule is C=CCn1c(COc2ccc(Cl)cc2C)nnc1SCC(=O)OCC. The summed E-state index contributed by atoms with van der Waals surface area (Å²) in [4.78, 5) is 11.5. The number of esters is 1. The van der Waals surface area contributed by atoms with E-state index in [2.05, 4.69) is 16.8 Å². The summed E-state index contributed by atoms with van der Waals surface area (Å²) < 4.78 is 12.6. The number of ether oxygens (including phenoxy) is 2. The molecular weight excluding hydrogens is 362 g/mol. The number of thioether (sulfide) groups is 1. The van der Waals surface area contributed by atoms with Crippen LogP contribution in [0.5, 0.6) is 5.75 Å². The fourth-order valence-electron chi connectivity index (χ4n) is 2.09. The van der Waals surface area contributed by atoms with Gasteiger partial charge in [-0.1, -0.05) is 29.4 Å². The van der Waals surface area contributed by atoms with E-state index in [0.29, 0.717) is 29.2 Å². The molecule has 0 saturated carbocycles. The molecule has 1 aromatic carbocycles. The predicted molar refractivity (Wildman–Crippen MR) is 98.1 cm³/mol. The zero-order valence-electron chi connectivity index (χ0n) is 14.2. The van der Waals surface area contributed by atoms with Gasteiger partial charge in [0.1, 0.15) is 12.4 Å². The molecule has 2 rings (SSSR count). The molecule has 0 aliphatic rings. The Morgan fingerprint density at radius 1 is 1.44 bits per heavy atom. The van der Waals surface area contributed by atoms with Crippen molar-refractivity contribution in [1.29, 1.82) is 0 Å². The summed E-state index contributed by atoms with van der Waals surface area (Å²) in [6, 6.07) is 5.44. The second-order valence-corrected chi connectivity index (χ2v) is 6.47. The molecular formula is C17H20ClN3O3S. The van der Waals surface area contributed by atoms with Crippen molar-refractivity contribution < 1.29 is 14.3 Å². The van der Waals surface area contributed by atoms with Crippen LogP contribution in [-0.2, 0) is 22.7 Å². The summed E-state index contributed by atoms with van der Waals surface area (Å²) in [5, 5.41) is 9.59. The van der Waals surface area contributed by atoms with Gasteiger partial charge in [-0.25, -0.2) is 0 Å². The topological polar surface area (TPSA) is 66.2 Å². The number of hydrogen-bond acceptors (Lipinski definition) is 6. The standard InChI is InChI=1S/C17H20ClN3O3S/c1-4-8-21-15(10-24-14-7-6-13(18)9-12(14)3)19-20-17(21)25-11-16(22)23-5-2/h4,6-7,9H,1,5,8,10-11H2,2-3H3. The van der Waals surface area contributed by atoms with Crippen molar-refractivity contribution in [2.75, 3.05) is 12.4 Å². The number of aromatic nitrogens is 3. The van der Waals surface area contributed by atoms with Crippen molar-refractivity contribution in [2.24, 2.45) is 0 Å². The van der Waals surface area contributed by atoms with Crippen LogP contribution in [0, 0.1) is 6.92 Å². The molecule has 0 amide bonds. The number of carbonyl (C=O) groups is 1. The van der Waals surface area contributed by atoms with Gasteiger partial charge in [0.2, 0.25) is 0 Å². The molecule has 25 heavy (non-hydrogen) atoms. The zero-order valence-corrected chi connectivity index (χ0v) is 15.8. The van der Waals surface area contributed by atoms with Crippen LogP contribution in [0.25, 0.3) is 0 Å². The molecule has 0 spiro atoms. The van der Waals surface area contributed by atoms with E-state index in [9.17, 15) is 4.79 Å². The van der Waals surface area contributed by atoms with Crippen molar-refractivity contribution in [2.45, 2.75) is 32.2 Å². The van der Waals surface area contributed by atoms with Crippen LogP contribution < -0.4 is 4.74 Å². The Morgan fingerprint density at radius 3 is 2.92 bits per heavy atom. The molecule has 0 N–H and O–H groups in total. The maximum Gasteiger partial charge on any atom is 0.316 e. The molecule has 1 aromatic heterocycles. The van der Waals surface area contributed by atoms with Crippen LogP contribution in [0.2, 0.25) is 5.02 Å². The minimum atomic E-state index is -0.282. The van der Waals surface area contributed by atoms with Gasteiger partial charge in [-0.05, 0) is 37.6 Å². The maximum absolute atomic E-state index is 11.5. The highest BCUT2D eigenvalue weighted by molar-refractivity contribution is 7.99. The number of aryl methyl sites for hydroxylation is 1. The molecule has 2 aromatic rings. The number of carbonyl (C=O) groups excluding carboxylic acids is 1. The third kappa shape index (κ3) is 5.51. The van der Waals surface area contributed by atoms with Gasteiger partial charge in [-0.2, -0.15) is 0 Å². The lowest BCUT2D eigenvalue weighted by atomic mass is 10.2. The lowest BCUT2D eigenvalue weighted by molar-refractivity contribution is -0.139. The maximum atomic E-state index is 11.5. The van der Waals surface area contributed by atoms with Crippen LogP contribution in [0.3, 0.4) is 0 Å². The summed E-state index contributed by atoms with van der Waals surface area (Å²) in [6.45, 7) is 8.59. The Bertz CT molecular complexity index is 749. The van der Waals surface area contributed by atoms with Gasteiger partial charge in [0.15, 0.2) is 11.0 Å². The van der Waals surface area contributed by atoms with Gasteiger partial charge in [-0.15, -0.1) is 16.8 Å². The third-order valence-electron chi connectivity index (χ3n) is 3.22. The number of halogens is 1. The molecule has 134 valence electrons. The molecule has 0 fully saturated rings. The predicted octanol–water partition coefficient (Wildman–Crippen LogP) is 3.66. The van der Waals surface area contributed by atoms with Crippen LogP contribution in [0.4, 0.5) is 0 Å². The summed E-state index contributed by atoms with van der Waals surface area (Å²) in [7, 11) is 0. The van der Waals surface area contributed by atoms with E-state index in [0.717, 1.165) is 11.3 Å². The van der Waals surface area contributed by atoms with E-state index in [1.165, 1.54) is 11.8 Å². The van der Waals surface area contributed by atoms with E-state index in [4.69, 9.17) is 21.1 Å². The van der Waals surface area contributed by atoms with Crippen LogP contribution in [0.15, 0.2) is 36.0 Å². The number of benzene rings is 1. The molecule has 1 heterocycles. The molecule has 0 unspecified atom stereocenters. The lowest BCUT2D eigenvalue weighted by Gasteiger charge is -2.11. The number of nitrogens with zero attached hydrogens (tertiary/aromatic N) is 3. The van der Waals surface area contributed by atoms with E-state index in [-0.39, 0.29) is 18.3 Å². The highest BCUT2D eigenvalue weighted by Gasteiger charge is 2.14. The Labute approximate surface area is 156 Å². The number of hydrogen-bond donors (Lipinski definition) is 0. The molecule has 0 aliphatic carbocycles. The first-order valence-corrected chi connectivity index (χ1v) is 9.11. The average molecular weight is 382 g/mol. The van der Waals surface area contributed by atoms with Gasteiger partial charge >= 0.3 is 5.97 Å². The molecule has 0 bridgehead atoms. The number of rotatable bonds is 9. The van der Waals surface area contributed by atoms with Crippen LogP contribution >= 0.6 is 23.4 Å². The molecule has 0 radical (unpaired) electrons. The van der Waals surface area contributed by atoms with Gasteiger partial charge in [0.05, 0.1) is 12.4 Å². The smallest absolute Gasteiger partial charge is 0.316 e. The molecule has 0 aliphatic heterocycles. The Hall–Kier alpha value is -1.99. The molecule has 0 atom stereocenters. The summed E-state index contributed by atoms with van der Waals surface area (Å²) in [6.07, 6.45) is 1.74. The lowest BCUT2D eigenvalue weighted by Crippen LogP contribution is -2.10. The van der Waals surface area contributed by atoms with Crippen molar-refractivity contribution >= 4 is 29.3 Å². The fourth-order valence-corrected chi connectivity index (χ4v) is 3.08. The van der Waals surface area contributed by atoms with Gasteiger partial charge in [-0.3, -0.25) is 9.36 Å². The van der Waals surface area contributed by atoms with Gasteiger partial charge in [0, 0.05) is 11.6 Å². The van der Waals surface area contributed by atoms with Gasteiger partial charge in [0.25, 0.3) is 0 Å². The Morgan fingerprint density at radius 2 is 2.24 bits per heavy atom. The highest BCUT2D eigenvalue weighted by Crippen LogP contribution is 2.23. The molecule has 6 nitrogen and oxygen atoms in total. The van der Waals surface area contributed by atoms with Crippen molar-refractivity contribution in [3.05, 3.63) is 47.3 Å². The van der Waals surface area contributed by atoms with E-state index < -0.39 is 0 Å². The zero-order chi connectivity index (χ0) is 18.2. The summed E-state index contributed by atoms with van der Waals surface area (Å²) in [5.74, 6) is 1.29. The van der Waals surface area contributed by atoms with Crippen molar-refractivity contribution in [3.63, 3.8) is 0 Å². The third-order valence-corrected chi connectivity index (χ3v) is 4.40. The number of allylic oxidation sites excluding steroid dienone is 1. The normalized spacial score (nSPS) is 10.5. The quantitative estimate of drug-likeness (QED) is 0.375. The Balaban J connectivity index is 2.07. The van der Waals surface area contributed by atoms with Gasteiger partial charge < -0.3 is 9.47 Å². The largest absolute Gasteiger partial charge is 0.485 e. The highest BCUT2D eigenvalue weighted by atomic mass is 35.5. The first kappa shape index (κ1) is 19.3. The van der Waals surface area contributed by atoms with E-state index >= 15 is 0 Å². The molecule has 8 heteroatoms. The van der Waals surface area contributed by atoms with E-state index in [1.807, 2.05) is 23.6 Å². The molecule has 0 saturated heterocycles. The first-order valence-electron chi connectivity index (χ1n) is 7.75. The minimum absolute atomic E-state index is 0.181. The first-order chi connectivity index (χ1) is 12.0. The van der Waals surface area contributed by atoms with Crippen LogP contribution in [-0.4, -0.2) is 33.1 Å². The second-order valence-electron chi connectivity index (χ2n) is 5.09. The fraction of sp³-hybridized carbons (Fsp3) is 0.353. The summed E-state index contributed by atoms with van der Waals surface area (Å²) in [5.41, 5.74) is 0.944.